The number of hydrogen-bond acceptors (Lipinski definition) is 2. The first-order valence-corrected chi connectivity index (χ1v) is 3.82. The van der Waals surface area contributed by atoms with E-state index in [9.17, 15) is 4.79 Å². The molecule has 0 aromatic rings. The smallest absolute Gasteiger partial charge is 0.245 e. The molecule has 0 saturated heterocycles. The van der Waals surface area contributed by atoms with Gasteiger partial charge in [0.1, 0.15) is 0 Å². The van der Waals surface area contributed by atoms with E-state index in [4.69, 9.17) is 0 Å². The molecule has 0 aromatic heterocycles. The molecule has 0 atom stereocenters. The fourth-order valence-corrected chi connectivity index (χ4v) is 0.800. The van der Waals surface area contributed by atoms with Crippen molar-refractivity contribution >= 4 is 5.91 Å². The van der Waals surface area contributed by atoms with Crippen molar-refractivity contribution in [3.63, 3.8) is 0 Å². The summed E-state index contributed by atoms with van der Waals surface area (Å²) in [6, 6.07) is 0. The van der Waals surface area contributed by atoms with Crippen LogP contribution in [0.15, 0.2) is 12.7 Å². The molecule has 0 bridgehead atoms. The molecule has 0 unspecified atom stereocenters. The zero-order valence-electron chi connectivity index (χ0n) is 7.26. The van der Waals surface area contributed by atoms with Crippen LogP contribution >= 0.6 is 0 Å². The lowest BCUT2D eigenvalue weighted by atomic mass is 10.4. The molecule has 1 N–H and O–H groups in total. The predicted molar refractivity (Wildman–Crippen MR) is 46.4 cm³/mol. The Labute approximate surface area is 68.1 Å². The monoisotopic (exact) mass is 156 g/mol. The first-order chi connectivity index (χ1) is 5.26. The Kier molecular flexibility index (Phi) is 5.47. The molecule has 0 heterocycles. The van der Waals surface area contributed by atoms with Gasteiger partial charge in [-0.2, -0.15) is 0 Å². The van der Waals surface area contributed by atoms with Crippen molar-refractivity contribution in [1.29, 1.82) is 0 Å². The van der Waals surface area contributed by atoms with E-state index in [2.05, 4.69) is 11.9 Å². The van der Waals surface area contributed by atoms with Crippen LogP contribution in [0.25, 0.3) is 0 Å². The number of amides is 1. The summed E-state index contributed by atoms with van der Waals surface area (Å²) in [5.74, 6) is 0.00255. The van der Waals surface area contributed by atoms with Crippen LogP contribution in [0.2, 0.25) is 0 Å². The average molecular weight is 156 g/mol. The Hall–Kier alpha value is -0.830. The van der Waals surface area contributed by atoms with E-state index in [1.165, 1.54) is 6.08 Å². The number of carbonyl (C=O) groups is 1. The second kappa shape index (κ2) is 5.92. The molecule has 0 radical (unpaired) electrons. The highest BCUT2D eigenvalue weighted by molar-refractivity contribution is 5.86. The Balaban J connectivity index is 3.74. The summed E-state index contributed by atoms with van der Waals surface area (Å²) in [6.07, 6.45) is 1.35. The van der Waals surface area contributed by atoms with Crippen molar-refractivity contribution in [1.82, 2.24) is 10.2 Å². The maximum atomic E-state index is 11.0. The molecule has 64 valence electrons. The summed E-state index contributed by atoms with van der Waals surface area (Å²) >= 11 is 0. The van der Waals surface area contributed by atoms with Gasteiger partial charge in [-0.1, -0.05) is 6.58 Å². The van der Waals surface area contributed by atoms with Crippen LogP contribution in [0.3, 0.4) is 0 Å². The van der Waals surface area contributed by atoms with Crippen LogP contribution in [0, 0.1) is 0 Å². The fourth-order valence-electron chi connectivity index (χ4n) is 0.800. The third-order valence-electron chi connectivity index (χ3n) is 1.50. The Bertz CT molecular complexity index is 134. The van der Waals surface area contributed by atoms with Crippen LogP contribution in [0.1, 0.15) is 6.92 Å². The van der Waals surface area contributed by atoms with E-state index in [1.54, 1.807) is 4.90 Å². The van der Waals surface area contributed by atoms with Gasteiger partial charge in [0.05, 0.1) is 0 Å². The van der Waals surface area contributed by atoms with Crippen LogP contribution < -0.4 is 5.32 Å². The number of nitrogens with zero attached hydrogens (tertiary/aromatic N) is 1. The molecule has 0 aliphatic rings. The van der Waals surface area contributed by atoms with E-state index >= 15 is 0 Å². The molecular formula is C8H16N2O. The van der Waals surface area contributed by atoms with E-state index in [0.29, 0.717) is 0 Å². The summed E-state index contributed by atoms with van der Waals surface area (Å²) in [5, 5.41) is 2.98. The minimum absolute atomic E-state index is 0.00255. The van der Waals surface area contributed by atoms with Gasteiger partial charge in [-0.15, -0.1) is 0 Å². The molecule has 0 rings (SSSR count). The zero-order valence-corrected chi connectivity index (χ0v) is 7.26. The Morgan fingerprint density at radius 2 is 2.36 bits per heavy atom. The number of likely N-dealkylation sites (N-methyl/N-ethyl adjacent to an activating group) is 2. The molecule has 0 spiro atoms. The predicted octanol–water partition coefficient (Wildman–Crippen LogP) is 0.240. The van der Waals surface area contributed by atoms with E-state index in [1.807, 2.05) is 14.0 Å². The molecule has 3 heteroatoms. The molecule has 3 nitrogen and oxygen atoms in total. The van der Waals surface area contributed by atoms with Gasteiger partial charge in [-0.3, -0.25) is 4.79 Å². The first kappa shape index (κ1) is 10.2. The molecule has 1 amide bonds. The molecule has 11 heavy (non-hydrogen) atoms. The molecule has 0 saturated carbocycles. The number of hydrogen-bond donors (Lipinski definition) is 1. The summed E-state index contributed by atoms with van der Waals surface area (Å²) in [7, 11) is 1.87. The highest BCUT2D eigenvalue weighted by Gasteiger charge is 2.04. The van der Waals surface area contributed by atoms with Gasteiger partial charge in [-0.05, 0) is 20.0 Å². The van der Waals surface area contributed by atoms with Crippen molar-refractivity contribution < 1.29 is 4.79 Å². The fraction of sp³-hybridized carbons (Fsp3) is 0.625. The zero-order chi connectivity index (χ0) is 8.69. The van der Waals surface area contributed by atoms with Gasteiger partial charge >= 0.3 is 0 Å². The topological polar surface area (TPSA) is 32.3 Å². The van der Waals surface area contributed by atoms with Gasteiger partial charge in [-0.25, -0.2) is 0 Å². The minimum Gasteiger partial charge on any atom is -0.338 e. The average Bonchev–Trinajstić information content (AvgIpc) is 2.05. The third-order valence-corrected chi connectivity index (χ3v) is 1.50. The van der Waals surface area contributed by atoms with Gasteiger partial charge in [0.2, 0.25) is 5.91 Å². The van der Waals surface area contributed by atoms with Gasteiger partial charge in [0.25, 0.3) is 0 Å². The minimum atomic E-state index is 0.00255. The van der Waals surface area contributed by atoms with Crippen LogP contribution in [0.5, 0.6) is 0 Å². The summed E-state index contributed by atoms with van der Waals surface area (Å²) in [6.45, 7) is 7.70. The van der Waals surface area contributed by atoms with E-state index in [-0.39, 0.29) is 5.91 Å². The lowest BCUT2D eigenvalue weighted by Crippen LogP contribution is -2.34. The van der Waals surface area contributed by atoms with Gasteiger partial charge in [0.15, 0.2) is 0 Å². The standard InChI is InChI=1S/C8H16N2O/c1-4-8(11)10(5-2)7-6-9-3/h4,9H,1,5-7H2,2-3H3. The molecule has 0 aliphatic heterocycles. The second-order valence-electron chi connectivity index (χ2n) is 2.23. The quantitative estimate of drug-likeness (QED) is 0.578. The van der Waals surface area contributed by atoms with Gasteiger partial charge < -0.3 is 10.2 Å². The number of rotatable bonds is 5. The van der Waals surface area contributed by atoms with E-state index in [0.717, 1.165) is 19.6 Å². The Morgan fingerprint density at radius 3 is 2.73 bits per heavy atom. The maximum absolute atomic E-state index is 11.0. The highest BCUT2D eigenvalue weighted by atomic mass is 16.2. The van der Waals surface area contributed by atoms with Crippen molar-refractivity contribution in [2.75, 3.05) is 26.7 Å². The summed E-state index contributed by atoms with van der Waals surface area (Å²) < 4.78 is 0. The molecule has 0 aliphatic carbocycles. The van der Waals surface area contributed by atoms with Crippen molar-refractivity contribution in [3.8, 4) is 0 Å². The van der Waals surface area contributed by atoms with Crippen molar-refractivity contribution in [2.45, 2.75) is 6.92 Å². The summed E-state index contributed by atoms with van der Waals surface area (Å²) in [5.41, 5.74) is 0. The SMILES string of the molecule is C=CC(=O)N(CC)CCNC. The lowest BCUT2D eigenvalue weighted by Gasteiger charge is -2.18. The van der Waals surface area contributed by atoms with Crippen molar-refractivity contribution in [3.05, 3.63) is 12.7 Å². The normalized spacial score (nSPS) is 9.27. The summed E-state index contributed by atoms with van der Waals surface area (Å²) in [4.78, 5) is 12.8. The highest BCUT2D eigenvalue weighted by Crippen LogP contribution is 1.88. The molecular weight excluding hydrogens is 140 g/mol. The van der Waals surface area contributed by atoms with Crippen LogP contribution in [0.4, 0.5) is 0 Å². The number of carbonyl (C=O) groups excluding carboxylic acids is 1. The van der Waals surface area contributed by atoms with Gasteiger partial charge in [0, 0.05) is 19.6 Å². The van der Waals surface area contributed by atoms with E-state index < -0.39 is 0 Å². The third kappa shape index (κ3) is 3.78. The lowest BCUT2D eigenvalue weighted by molar-refractivity contribution is -0.125. The largest absolute Gasteiger partial charge is 0.338 e. The number of nitrogens with one attached hydrogen (secondary N) is 1. The second-order valence-corrected chi connectivity index (χ2v) is 2.23. The van der Waals surface area contributed by atoms with Crippen molar-refractivity contribution in [2.24, 2.45) is 0 Å². The molecule has 0 fully saturated rings. The Morgan fingerprint density at radius 1 is 1.73 bits per heavy atom. The van der Waals surface area contributed by atoms with Crippen LogP contribution in [-0.4, -0.2) is 37.5 Å². The first-order valence-electron chi connectivity index (χ1n) is 3.82. The molecule has 0 aromatic carbocycles. The maximum Gasteiger partial charge on any atom is 0.245 e. The van der Waals surface area contributed by atoms with Crippen LogP contribution in [-0.2, 0) is 4.79 Å².